The Morgan fingerprint density at radius 2 is 0.918 bits per heavy atom. The van der Waals surface area contributed by atoms with Crippen LogP contribution in [0.25, 0.3) is 88.3 Å². The summed E-state index contributed by atoms with van der Waals surface area (Å²) >= 11 is 0. The molecule has 0 radical (unpaired) electrons. The lowest BCUT2D eigenvalue weighted by Gasteiger charge is -2.21. The molecular formula is C48H30O. The van der Waals surface area contributed by atoms with Crippen molar-refractivity contribution in [3.8, 4) is 28.0 Å². The van der Waals surface area contributed by atoms with E-state index in [1.807, 2.05) is 0 Å². The van der Waals surface area contributed by atoms with Crippen LogP contribution in [0.4, 0.5) is 0 Å². The third-order valence-electron chi connectivity index (χ3n) is 10.9. The number of hydrogen-bond acceptors (Lipinski definition) is 1. The smallest absolute Gasteiger partial charge is 0.128 e. The SMILES string of the molecule is C1=c2ccccc2=CC2c3cc(-c4c5ccccc5c(-c5c6ccccc6cc6c5ccc5ccccc56)c5ccccc45)ccc3OC12. The Morgan fingerprint density at radius 3 is 1.65 bits per heavy atom. The predicted molar refractivity (Wildman–Crippen MR) is 207 cm³/mol. The van der Waals surface area contributed by atoms with Gasteiger partial charge in [-0.15, -0.1) is 0 Å². The van der Waals surface area contributed by atoms with E-state index < -0.39 is 0 Å². The zero-order valence-electron chi connectivity index (χ0n) is 26.7. The average molecular weight is 623 g/mol. The van der Waals surface area contributed by atoms with E-state index in [1.165, 1.54) is 92.1 Å². The molecule has 9 aromatic rings. The van der Waals surface area contributed by atoms with Crippen molar-refractivity contribution in [3.63, 3.8) is 0 Å². The molecule has 1 aliphatic heterocycles. The highest BCUT2D eigenvalue weighted by Gasteiger charge is 2.33. The second kappa shape index (κ2) is 10.2. The molecule has 1 heterocycles. The highest BCUT2D eigenvalue weighted by atomic mass is 16.5. The van der Waals surface area contributed by atoms with Gasteiger partial charge >= 0.3 is 0 Å². The van der Waals surface area contributed by atoms with Gasteiger partial charge in [0.2, 0.25) is 0 Å². The van der Waals surface area contributed by atoms with E-state index in [9.17, 15) is 0 Å². The molecule has 11 rings (SSSR count). The molecule has 228 valence electrons. The van der Waals surface area contributed by atoms with E-state index in [0.29, 0.717) is 0 Å². The third kappa shape index (κ3) is 3.87. The van der Waals surface area contributed by atoms with Crippen LogP contribution in [-0.2, 0) is 0 Å². The van der Waals surface area contributed by atoms with Gasteiger partial charge in [-0.3, -0.25) is 0 Å². The maximum atomic E-state index is 6.54. The zero-order chi connectivity index (χ0) is 32.1. The van der Waals surface area contributed by atoms with E-state index in [4.69, 9.17) is 4.74 Å². The molecule has 0 saturated carbocycles. The minimum absolute atomic E-state index is 0.0201. The molecule has 0 fully saturated rings. The van der Waals surface area contributed by atoms with Gasteiger partial charge in [-0.2, -0.15) is 0 Å². The van der Waals surface area contributed by atoms with Gasteiger partial charge in [0, 0.05) is 11.5 Å². The Balaban J connectivity index is 1.23. The van der Waals surface area contributed by atoms with Gasteiger partial charge in [0.05, 0.1) is 0 Å². The monoisotopic (exact) mass is 622 g/mol. The zero-order valence-corrected chi connectivity index (χ0v) is 26.7. The van der Waals surface area contributed by atoms with Crippen molar-refractivity contribution in [2.45, 2.75) is 12.0 Å². The molecule has 0 N–H and O–H groups in total. The van der Waals surface area contributed by atoms with Crippen molar-refractivity contribution >= 4 is 66.0 Å². The number of fused-ring (bicyclic) bond motifs is 10. The first-order valence-electron chi connectivity index (χ1n) is 17.2. The molecule has 0 bridgehead atoms. The average Bonchev–Trinajstić information content (AvgIpc) is 3.51. The first-order valence-corrected chi connectivity index (χ1v) is 17.2. The minimum Gasteiger partial charge on any atom is -0.485 e. The largest absolute Gasteiger partial charge is 0.485 e. The van der Waals surface area contributed by atoms with Crippen LogP contribution in [0.15, 0.2) is 158 Å². The van der Waals surface area contributed by atoms with Crippen LogP contribution >= 0.6 is 0 Å². The predicted octanol–water partition coefficient (Wildman–Crippen LogP) is 10.9. The second-order valence-corrected chi connectivity index (χ2v) is 13.5. The van der Waals surface area contributed by atoms with E-state index in [1.54, 1.807) is 0 Å². The lowest BCUT2D eigenvalue weighted by atomic mass is 9.82. The molecule has 0 spiro atoms. The number of benzene rings is 9. The summed E-state index contributed by atoms with van der Waals surface area (Å²) in [5.41, 5.74) is 6.36. The topological polar surface area (TPSA) is 9.23 Å². The van der Waals surface area contributed by atoms with Crippen LogP contribution < -0.4 is 15.2 Å². The van der Waals surface area contributed by atoms with Crippen LogP contribution in [0.5, 0.6) is 5.75 Å². The number of rotatable bonds is 2. The fourth-order valence-electron chi connectivity index (χ4n) is 8.77. The summed E-state index contributed by atoms with van der Waals surface area (Å²) in [7, 11) is 0. The highest BCUT2D eigenvalue weighted by Crippen LogP contribution is 2.50. The van der Waals surface area contributed by atoms with Crippen LogP contribution in [0.2, 0.25) is 0 Å². The molecule has 1 heteroatoms. The van der Waals surface area contributed by atoms with Crippen molar-refractivity contribution < 1.29 is 4.74 Å². The van der Waals surface area contributed by atoms with Gasteiger partial charge in [0.1, 0.15) is 11.9 Å². The van der Waals surface area contributed by atoms with E-state index >= 15 is 0 Å². The van der Waals surface area contributed by atoms with Gasteiger partial charge < -0.3 is 4.74 Å². The molecule has 1 nitrogen and oxygen atoms in total. The molecule has 0 amide bonds. The van der Waals surface area contributed by atoms with Crippen LogP contribution in [-0.4, -0.2) is 6.10 Å². The third-order valence-corrected chi connectivity index (χ3v) is 10.9. The standard InChI is InChI=1S/C48H30O/c1-2-13-31-28-45-43(25-30(31)12-1)42-27-33(22-24-44(42)49-45)46-36-17-7-9-19-38(36)48(39-20-10-8-18-37(39)46)47-35-16-6-4-14-32(35)26-41-34-15-5-3-11-29(34)21-23-40(41)47/h1-28,43,45H. The Bertz CT molecular complexity index is 2930. The Morgan fingerprint density at radius 1 is 0.367 bits per heavy atom. The summed E-state index contributed by atoms with van der Waals surface area (Å²) < 4.78 is 6.54. The van der Waals surface area contributed by atoms with Gasteiger partial charge in [-0.1, -0.05) is 146 Å². The van der Waals surface area contributed by atoms with E-state index in [-0.39, 0.29) is 12.0 Å². The minimum atomic E-state index is 0.0201. The van der Waals surface area contributed by atoms with E-state index in [2.05, 4.69) is 170 Å². The van der Waals surface area contributed by atoms with Crippen molar-refractivity contribution in [1.29, 1.82) is 0 Å². The molecular weight excluding hydrogens is 593 g/mol. The molecule has 0 aromatic heterocycles. The fourth-order valence-corrected chi connectivity index (χ4v) is 8.77. The maximum Gasteiger partial charge on any atom is 0.128 e. The van der Waals surface area contributed by atoms with Gasteiger partial charge in [0.15, 0.2) is 0 Å². The van der Waals surface area contributed by atoms with Crippen LogP contribution in [0.3, 0.4) is 0 Å². The second-order valence-electron chi connectivity index (χ2n) is 13.5. The summed E-state index contributed by atoms with van der Waals surface area (Å²) in [5, 5.41) is 15.2. The number of ether oxygens (including phenoxy) is 1. The van der Waals surface area contributed by atoms with E-state index in [0.717, 1.165) is 5.75 Å². The van der Waals surface area contributed by atoms with Crippen molar-refractivity contribution in [2.24, 2.45) is 0 Å². The van der Waals surface area contributed by atoms with Crippen molar-refractivity contribution in [1.82, 2.24) is 0 Å². The van der Waals surface area contributed by atoms with Crippen LogP contribution in [0, 0.1) is 0 Å². The van der Waals surface area contributed by atoms with Gasteiger partial charge in [-0.05, 0) is 111 Å². The Labute approximate surface area is 283 Å². The summed E-state index contributed by atoms with van der Waals surface area (Å²) in [6.45, 7) is 0. The normalized spacial score (nSPS) is 16.2. The summed E-state index contributed by atoms with van der Waals surface area (Å²) in [4.78, 5) is 0. The lowest BCUT2D eigenvalue weighted by molar-refractivity contribution is 0.288. The van der Waals surface area contributed by atoms with Gasteiger partial charge in [-0.25, -0.2) is 0 Å². The molecule has 2 atom stereocenters. The Kier molecular flexibility index (Phi) is 5.57. The quantitative estimate of drug-likeness (QED) is 0.138. The fraction of sp³-hybridized carbons (Fsp3) is 0.0417. The first-order chi connectivity index (χ1) is 24.3. The van der Waals surface area contributed by atoms with Crippen molar-refractivity contribution in [3.05, 3.63) is 174 Å². The summed E-state index contributed by atoms with van der Waals surface area (Å²) in [5.74, 6) is 1.18. The molecule has 2 unspecified atom stereocenters. The molecule has 49 heavy (non-hydrogen) atoms. The van der Waals surface area contributed by atoms with Crippen molar-refractivity contribution in [2.75, 3.05) is 0 Å². The van der Waals surface area contributed by atoms with Gasteiger partial charge in [0.25, 0.3) is 0 Å². The molecule has 9 aromatic carbocycles. The molecule has 0 saturated heterocycles. The molecule has 1 aliphatic carbocycles. The molecule has 2 aliphatic rings. The number of hydrogen-bond donors (Lipinski definition) is 0. The summed E-state index contributed by atoms with van der Waals surface area (Å²) in [6, 6.07) is 58.2. The lowest BCUT2D eigenvalue weighted by Crippen LogP contribution is -2.34. The maximum absolute atomic E-state index is 6.54. The first kappa shape index (κ1) is 26.8. The Hall–Kier alpha value is -6.18. The van der Waals surface area contributed by atoms with Crippen LogP contribution in [0.1, 0.15) is 11.5 Å². The summed E-state index contributed by atoms with van der Waals surface area (Å²) in [6.07, 6.45) is 4.70. The highest BCUT2D eigenvalue weighted by molar-refractivity contribution is 6.29.